The summed E-state index contributed by atoms with van der Waals surface area (Å²) in [6, 6.07) is 2.74. The first-order valence-electron chi connectivity index (χ1n) is 8.78. The van der Waals surface area contributed by atoms with Gasteiger partial charge in [-0.25, -0.2) is 19.3 Å². The lowest BCUT2D eigenvalue weighted by molar-refractivity contribution is 0.452. The van der Waals surface area contributed by atoms with Gasteiger partial charge in [0, 0.05) is 18.9 Å². The molecule has 0 radical (unpaired) electrons. The van der Waals surface area contributed by atoms with Crippen molar-refractivity contribution in [2.75, 3.05) is 0 Å². The van der Waals surface area contributed by atoms with Crippen LogP contribution in [0.15, 0.2) is 35.6 Å². The third-order valence-corrected chi connectivity index (χ3v) is 5.22. The maximum Gasteiger partial charge on any atom is 0.261 e. The van der Waals surface area contributed by atoms with Gasteiger partial charge >= 0.3 is 0 Å². The molecule has 1 aromatic carbocycles. The molecule has 0 saturated heterocycles. The van der Waals surface area contributed by atoms with Crippen molar-refractivity contribution in [3.05, 3.63) is 52.0 Å². The Morgan fingerprint density at radius 2 is 1.88 bits per heavy atom. The van der Waals surface area contributed by atoms with E-state index in [4.69, 9.17) is 11.6 Å². The molecule has 5 nitrogen and oxygen atoms in total. The van der Waals surface area contributed by atoms with Gasteiger partial charge in [-0.15, -0.1) is 0 Å². The minimum atomic E-state index is -0.549. The molecule has 1 aliphatic rings. The van der Waals surface area contributed by atoms with Crippen LogP contribution in [0.4, 0.5) is 4.39 Å². The minimum Gasteiger partial charge on any atom is -0.299 e. The fraction of sp³-hybridized carbons (Fsp3) is 0.368. The lowest BCUT2D eigenvalue weighted by Crippen LogP contribution is -2.22. The number of aromatic nitrogens is 4. The quantitative estimate of drug-likeness (QED) is 0.687. The Morgan fingerprint density at radius 3 is 2.62 bits per heavy atom. The summed E-state index contributed by atoms with van der Waals surface area (Å²) in [6.07, 6.45) is 10.3. The summed E-state index contributed by atoms with van der Waals surface area (Å²) in [5.74, 6) is 0.340. The predicted octanol–water partition coefficient (Wildman–Crippen LogP) is 4.23. The van der Waals surface area contributed by atoms with Crippen LogP contribution in [0.2, 0.25) is 5.02 Å². The van der Waals surface area contributed by atoms with Crippen LogP contribution < -0.4 is 5.56 Å². The number of rotatable bonds is 4. The highest BCUT2D eigenvalue weighted by molar-refractivity contribution is 6.30. The second-order valence-corrected chi connectivity index (χ2v) is 7.19. The first-order chi connectivity index (χ1) is 12.6. The number of hydrogen-bond donors (Lipinski definition) is 0. The Balaban J connectivity index is 1.68. The minimum absolute atomic E-state index is 0.199. The van der Waals surface area contributed by atoms with E-state index in [0.29, 0.717) is 23.0 Å². The van der Waals surface area contributed by atoms with Crippen LogP contribution >= 0.6 is 11.6 Å². The van der Waals surface area contributed by atoms with Gasteiger partial charge in [-0.1, -0.05) is 37.3 Å². The van der Waals surface area contributed by atoms with Crippen LogP contribution in [0.1, 0.15) is 32.1 Å². The second kappa shape index (κ2) is 7.11. The molecule has 2 aromatic heterocycles. The largest absolute Gasteiger partial charge is 0.299 e. The van der Waals surface area contributed by atoms with E-state index in [9.17, 15) is 9.18 Å². The van der Waals surface area contributed by atoms with Crippen LogP contribution in [0.5, 0.6) is 0 Å². The van der Waals surface area contributed by atoms with Gasteiger partial charge in [-0.05, 0) is 24.5 Å². The standard InChI is InChI=1S/C19H18ClFN4O/c20-13-9-22-18(23-10-13)14-8-17-15(7-16(14)21)19(26)25(11-24-17)6-5-12-3-1-2-4-12/h7-12H,1-6H2. The van der Waals surface area contributed by atoms with Crippen LogP contribution in [0.3, 0.4) is 0 Å². The van der Waals surface area contributed by atoms with E-state index < -0.39 is 5.82 Å². The van der Waals surface area contributed by atoms with E-state index in [1.165, 1.54) is 50.2 Å². The van der Waals surface area contributed by atoms with Gasteiger partial charge in [-0.3, -0.25) is 9.36 Å². The summed E-state index contributed by atoms with van der Waals surface area (Å²) in [5.41, 5.74) is 0.419. The molecule has 2 heterocycles. The van der Waals surface area contributed by atoms with E-state index in [0.717, 1.165) is 6.42 Å². The molecule has 1 saturated carbocycles. The molecule has 134 valence electrons. The maximum atomic E-state index is 14.6. The van der Waals surface area contributed by atoms with Crippen molar-refractivity contribution >= 4 is 22.5 Å². The van der Waals surface area contributed by atoms with Crippen LogP contribution in [0.25, 0.3) is 22.3 Å². The summed E-state index contributed by atoms with van der Waals surface area (Å²) in [4.78, 5) is 25.1. The molecule has 0 N–H and O–H groups in total. The van der Waals surface area contributed by atoms with Gasteiger partial charge in [0.05, 0.1) is 27.8 Å². The van der Waals surface area contributed by atoms with Gasteiger partial charge in [-0.2, -0.15) is 0 Å². The maximum absolute atomic E-state index is 14.6. The predicted molar refractivity (Wildman–Crippen MR) is 98.6 cm³/mol. The second-order valence-electron chi connectivity index (χ2n) is 6.76. The average Bonchev–Trinajstić information content (AvgIpc) is 3.16. The molecular weight excluding hydrogens is 355 g/mol. The monoisotopic (exact) mass is 372 g/mol. The van der Waals surface area contributed by atoms with E-state index in [1.54, 1.807) is 10.9 Å². The van der Waals surface area contributed by atoms with E-state index >= 15 is 0 Å². The molecule has 3 aromatic rings. The fourth-order valence-corrected chi connectivity index (χ4v) is 3.68. The van der Waals surface area contributed by atoms with Crippen LogP contribution in [-0.4, -0.2) is 19.5 Å². The smallest absolute Gasteiger partial charge is 0.261 e. The van der Waals surface area contributed by atoms with Gasteiger partial charge in [0.25, 0.3) is 5.56 Å². The van der Waals surface area contributed by atoms with Gasteiger partial charge in [0.2, 0.25) is 0 Å². The first kappa shape index (κ1) is 17.1. The highest BCUT2D eigenvalue weighted by Crippen LogP contribution is 2.28. The van der Waals surface area contributed by atoms with Gasteiger partial charge in [0.1, 0.15) is 5.82 Å². The summed E-state index contributed by atoms with van der Waals surface area (Å²) in [5, 5.41) is 0.646. The highest BCUT2D eigenvalue weighted by atomic mass is 35.5. The number of nitrogens with zero attached hydrogens (tertiary/aromatic N) is 4. The van der Waals surface area contributed by atoms with Crippen molar-refractivity contribution in [3.63, 3.8) is 0 Å². The zero-order valence-corrected chi connectivity index (χ0v) is 14.9. The molecular formula is C19H18ClFN4O. The third-order valence-electron chi connectivity index (χ3n) is 5.03. The Morgan fingerprint density at radius 1 is 1.15 bits per heavy atom. The third kappa shape index (κ3) is 3.33. The Labute approximate surface area is 154 Å². The highest BCUT2D eigenvalue weighted by Gasteiger charge is 2.16. The zero-order valence-electron chi connectivity index (χ0n) is 14.2. The van der Waals surface area contributed by atoms with Crippen molar-refractivity contribution in [3.8, 4) is 11.4 Å². The fourth-order valence-electron chi connectivity index (χ4n) is 3.58. The van der Waals surface area contributed by atoms with E-state index in [-0.39, 0.29) is 22.3 Å². The molecule has 0 unspecified atom stereocenters. The zero-order chi connectivity index (χ0) is 18.1. The van der Waals surface area contributed by atoms with E-state index in [2.05, 4.69) is 15.0 Å². The van der Waals surface area contributed by atoms with Crippen LogP contribution in [-0.2, 0) is 6.54 Å². The molecule has 7 heteroatoms. The van der Waals surface area contributed by atoms with Crippen molar-refractivity contribution in [1.82, 2.24) is 19.5 Å². The topological polar surface area (TPSA) is 60.7 Å². The Bertz CT molecular complexity index is 997. The van der Waals surface area contributed by atoms with E-state index in [1.807, 2.05) is 0 Å². The van der Waals surface area contributed by atoms with Gasteiger partial charge in [0.15, 0.2) is 5.82 Å². The lowest BCUT2D eigenvalue weighted by Gasteiger charge is -2.11. The normalized spacial score (nSPS) is 15.0. The molecule has 0 bridgehead atoms. The summed E-state index contributed by atoms with van der Waals surface area (Å²) >= 11 is 5.77. The number of fused-ring (bicyclic) bond motifs is 1. The average molecular weight is 373 g/mol. The number of halogens is 2. The van der Waals surface area contributed by atoms with Gasteiger partial charge < -0.3 is 0 Å². The number of hydrogen-bond acceptors (Lipinski definition) is 4. The molecule has 0 aliphatic heterocycles. The number of aryl methyl sites for hydroxylation is 1. The molecule has 0 spiro atoms. The van der Waals surface area contributed by atoms with Crippen molar-refractivity contribution in [1.29, 1.82) is 0 Å². The summed E-state index contributed by atoms with van der Waals surface area (Å²) in [7, 11) is 0. The van der Waals surface area contributed by atoms with Crippen molar-refractivity contribution in [2.24, 2.45) is 5.92 Å². The van der Waals surface area contributed by atoms with Crippen LogP contribution in [0, 0.1) is 11.7 Å². The number of benzene rings is 1. The molecule has 1 fully saturated rings. The van der Waals surface area contributed by atoms with Crippen molar-refractivity contribution in [2.45, 2.75) is 38.6 Å². The molecule has 1 aliphatic carbocycles. The summed E-state index contributed by atoms with van der Waals surface area (Å²) < 4.78 is 16.1. The Hall–Kier alpha value is -2.34. The van der Waals surface area contributed by atoms with Crippen molar-refractivity contribution < 1.29 is 4.39 Å². The molecule has 4 rings (SSSR count). The Kier molecular flexibility index (Phi) is 4.68. The molecule has 0 amide bonds. The first-order valence-corrected chi connectivity index (χ1v) is 9.16. The summed E-state index contributed by atoms with van der Waals surface area (Å²) in [6.45, 7) is 0.621. The lowest BCUT2D eigenvalue weighted by atomic mass is 10.0. The SMILES string of the molecule is O=c1c2cc(F)c(-c3ncc(Cl)cn3)cc2ncn1CCC1CCCC1. The molecule has 0 atom stereocenters. The molecule has 26 heavy (non-hydrogen) atoms.